The maximum atomic E-state index is 12.4. The number of hydrogen-bond donors (Lipinski definition) is 1. The van der Waals surface area contributed by atoms with E-state index >= 15 is 0 Å². The normalized spacial score (nSPS) is 15.2. The number of aryl methyl sites for hydroxylation is 1. The Hall–Kier alpha value is -1.85. The Labute approximate surface area is 162 Å². The molecule has 1 saturated heterocycles. The lowest BCUT2D eigenvalue weighted by atomic mass is 9.88. The smallest absolute Gasteiger partial charge is 0.335 e. The molecule has 1 N–H and O–H groups in total. The third-order valence-corrected chi connectivity index (χ3v) is 6.27. The van der Waals surface area contributed by atoms with Crippen LogP contribution in [0, 0.1) is 5.92 Å². The fourth-order valence-electron chi connectivity index (χ4n) is 3.48. The highest BCUT2D eigenvalue weighted by molar-refractivity contribution is 7.10. The molecule has 0 unspecified atom stereocenters. The second-order valence-corrected chi connectivity index (χ2v) is 8.15. The Morgan fingerprint density at radius 1 is 1.23 bits per heavy atom. The first kappa shape index (κ1) is 18.9. The summed E-state index contributed by atoms with van der Waals surface area (Å²) in [6, 6.07) is 9.12. The van der Waals surface area contributed by atoms with Gasteiger partial charge in [0.2, 0.25) is 5.91 Å². The summed E-state index contributed by atoms with van der Waals surface area (Å²) in [4.78, 5) is 26.8. The highest BCUT2D eigenvalue weighted by Gasteiger charge is 2.24. The third kappa shape index (κ3) is 4.86. The van der Waals surface area contributed by atoms with Crippen LogP contribution in [0.15, 0.2) is 35.7 Å². The van der Waals surface area contributed by atoms with Crippen LogP contribution in [-0.4, -0.2) is 35.0 Å². The number of piperidine rings is 1. The van der Waals surface area contributed by atoms with Crippen LogP contribution in [0.25, 0.3) is 0 Å². The molecule has 0 atom stereocenters. The summed E-state index contributed by atoms with van der Waals surface area (Å²) in [7, 11) is 0. The lowest BCUT2D eigenvalue weighted by Gasteiger charge is -2.32. The van der Waals surface area contributed by atoms with Crippen molar-refractivity contribution in [1.82, 2.24) is 4.90 Å². The molecule has 2 aromatic rings. The second-order valence-electron chi connectivity index (χ2n) is 6.72. The van der Waals surface area contributed by atoms with Gasteiger partial charge in [0.1, 0.15) is 0 Å². The van der Waals surface area contributed by atoms with Crippen LogP contribution in [-0.2, 0) is 17.6 Å². The van der Waals surface area contributed by atoms with Crippen molar-refractivity contribution in [1.29, 1.82) is 0 Å². The first-order valence-electron chi connectivity index (χ1n) is 8.85. The van der Waals surface area contributed by atoms with Crippen LogP contribution >= 0.6 is 22.9 Å². The Morgan fingerprint density at radius 3 is 2.62 bits per heavy atom. The fourth-order valence-corrected chi connectivity index (χ4v) is 4.55. The average molecular weight is 392 g/mol. The van der Waals surface area contributed by atoms with Crippen molar-refractivity contribution in [3.05, 3.63) is 56.7 Å². The zero-order valence-corrected chi connectivity index (χ0v) is 16.1. The maximum Gasteiger partial charge on any atom is 0.335 e. The number of benzene rings is 1. The molecule has 0 radical (unpaired) electrons. The first-order chi connectivity index (χ1) is 12.5. The molecule has 0 saturated carbocycles. The predicted molar refractivity (Wildman–Crippen MR) is 104 cm³/mol. The number of amides is 1. The zero-order chi connectivity index (χ0) is 18.5. The minimum absolute atomic E-state index is 0.193. The Balaban J connectivity index is 1.48. The monoisotopic (exact) mass is 391 g/mol. The van der Waals surface area contributed by atoms with Crippen LogP contribution in [0.1, 0.15) is 40.1 Å². The molecule has 4 nitrogen and oxygen atoms in total. The number of carboxylic acids is 1. The van der Waals surface area contributed by atoms with Gasteiger partial charge in [0.05, 0.1) is 10.6 Å². The number of carbonyl (C=O) groups is 2. The molecular weight excluding hydrogens is 370 g/mol. The number of likely N-dealkylation sites (tertiary alicyclic amines) is 1. The van der Waals surface area contributed by atoms with Gasteiger partial charge >= 0.3 is 5.97 Å². The number of halogens is 1. The number of carboxylic acid groups (broad SMARTS) is 1. The van der Waals surface area contributed by atoms with Crippen LogP contribution < -0.4 is 0 Å². The molecule has 1 aromatic heterocycles. The second kappa shape index (κ2) is 8.69. The highest BCUT2D eigenvalue weighted by atomic mass is 35.5. The van der Waals surface area contributed by atoms with Gasteiger partial charge in [-0.3, -0.25) is 4.79 Å². The van der Waals surface area contributed by atoms with Gasteiger partial charge in [0.25, 0.3) is 0 Å². The maximum absolute atomic E-state index is 12.4. The van der Waals surface area contributed by atoms with E-state index < -0.39 is 5.97 Å². The molecule has 0 bridgehead atoms. The lowest BCUT2D eigenvalue weighted by molar-refractivity contribution is -0.132. The largest absolute Gasteiger partial charge is 0.478 e. The molecule has 1 aliphatic heterocycles. The Morgan fingerprint density at radius 2 is 1.96 bits per heavy atom. The SMILES string of the molecule is O=C(O)c1ccccc1CC1CCN(C(=O)CCc2cc(Cl)cs2)CC1. The van der Waals surface area contributed by atoms with E-state index in [0.717, 1.165) is 54.2 Å². The summed E-state index contributed by atoms with van der Waals surface area (Å²) in [6.07, 6.45) is 3.86. The van der Waals surface area contributed by atoms with E-state index in [1.165, 1.54) is 0 Å². The molecule has 26 heavy (non-hydrogen) atoms. The van der Waals surface area contributed by atoms with Gasteiger partial charge in [-0.15, -0.1) is 11.3 Å². The molecule has 1 aliphatic rings. The van der Waals surface area contributed by atoms with Gasteiger partial charge in [0, 0.05) is 29.8 Å². The molecule has 1 fully saturated rings. The number of rotatable bonds is 6. The van der Waals surface area contributed by atoms with Crippen molar-refractivity contribution in [2.45, 2.75) is 32.1 Å². The molecule has 1 aromatic carbocycles. The van der Waals surface area contributed by atoms with E-state index in [-0.39, 0.29) is 5.91 Å². The summed E-state index contributed by atoms with van der Waals surface area (Å²) in [5.74, 6) is -0.253. The Kier molecular flexibility index (Phi) is 6.33. The van der Waals surface area contributed by atoms with Gasteiger partial charge < -0.3 is 10.0 Å². The first-order valence-corrected chi connectivity index (χ1v) is 10.1. The summed E-state index contributed by atoms with van der Waals surface area (Å²) in [5.41, 5.74) is 1.28. The zero-order valence-electron chi connectivity index (χ0n) is 14.5. The highest BCUT2D eigenvalue weighted by Crippen LogP contribution is 2.25. The molecule has 2 heterocycles. The molecule has 6 heteroatoms. The Bertz CT molecular complexity index is 781. The predicted octanol–water partition coefficient (Wildman–Crippen LogP) is 4.51. The van der Waals surface area contributed by atoms with Crippen molar-refractivity contribution in [3.63, 3.8) is 0 Å². The molecule has 138 valence electrons. The van der Waals surface area contributed by atoms with Gasteiger partial charge in [-0.05, 0) is 49.3 Å². The molecule has 0 spiro atoms. The van der Waals surface area contributed by atoms with Gasteiger partial charge in [-0.25, -0.2) is 4.79 Å². The number of hydrogen-bond acceptors (Lipinski definition) is 3. The summed E-state index contributed by atoms with van der Waals surface area (Å²) < 4.78 is 0. The van der Waals surface area contributed by atoms with Crippen molar-refractivity contribution in [3.8, 4) is 0 Å². The molecule has 0 aliphatic carbocycles. The minimum Gasteiger partial charge on any atom is -0.478 e. The molecule has 3 rings (SSSR count). The quantitative estimate of drug-likeness (QED) is 0.787. The van der Waals surface area contributed by atoms with Crippen LogP contribution in [0.5, 0.6) is 0 Å². The van der Waals surface area contributed by atoms with E-state index in [9.17, 15) is 14.7 Å². The average Bonchev–Trinajstić information content (AvgIpc) is 3.06. The molecule has 1 amide bonds. The summed E-state index contributed by atoms with van der Waals surface area (Å²) in [5, 5.41) is 11.9. The standard InChI is InChI=1S/C20H22ClNO3S/c21-16-12-17(26-13-16)5-6-19(23)22-9-7-14(8-10-22)11-15-3-1-2-4-18(15)20(24)25/h1-4,12-14H,5-11H2,(H,24,25). The van der Waals surface area contributed by atoms with E-state index in [1.54, 1.807) is 23.5 Å². The van der Waals surface area contributed by atoms with Crippen LogP contribution in [0.4, 0.5) is 0 Å². The van der Waals surface area contributed by atoms with Crippen molar-refractivity contribution < 1.29 is 14.7 Å². The van der Waals surface area contributed by atoms with E-state index in [2.05, 4.69) is 0 Å². The van der Waals surface area contributed by atoms with Crippen molar-refractivity contribution in [2.75, 3.05) is 13.1 Å². The van der Waals surface area contributed by atoms with Crippen LogP contribution in [0.2, 0.25) is 5.02 Å². The van der Waals surface area contributed by atoms with E-state index in [0.29, 0.717) is 17.9 Å². The number of aromatic carboxylic acids is 1. The van der Waals surface area contributed by atoms with E-state index in [1.807, 2.05) is 28.5 Å². The summed E-state index contributed by atoms with van der Waals surface area (Å²) >= 11 is 7.51. The topological polar surface area (TPSA) is 57.6 Å². The fraction of sp³-hybridized carbons (Fsp3) is 0.400. The van der Waals surface area contributed by atoms with Crippen LogP contribution in [0.3, 0.4) is 0 Å². The van der Waals surface area contributed by atoms with Gasteiger partial charge in [0.15, 0.2) is 0 Å². The molecular formula is C20H22ClNO3S. The number of thiophene rings is 1. The summed E-state index contributed by atoms with van der Waals surface area (Å²) in [6.45, 7) is 1.51. The minimum atomic E-state index is -0.873. The van der Waals surface area contributed by atoms with Gasteiger partial charge in [-0.2, -0.15) is 0 Å². The van der Waals surface area contributed by atoms with Crippen molar-refractivity contribution in [2.24, 2.45) is 5.92 Å². The number of nitrogens with zero attached hydrogens (tertiary/aromatic N) is 1. The van der Waals surface area contributed by atoms with E-state index in [4.69, 9.17) is 11.6 Å². The van der Waals surface area contributed by atoms with Gasteiger partial charge in [-0.1, -0.05) is 29.8 Å². The van der Waals surface area contributed by atoms with Crippen molar-refractivity contribution >= 4 is 34.8 Å². The lowest BCUT2D eigenvalue weighted by Crippen LogP contribution is -2.39. The third-order valence-electron chi connectivity index (χ3n) is 4.93. The number of carbonyl (C=O) groups excluding carboxylic acids is 1.